The third-order valence-corrected chi connectivity index (χ3v) is 4.34. The van der Waals surface area contributed by atoms with Crippen LogP contribution in [0.2, 0.25) is 0 Å². The van der Waals surface area contributed by atoms with Gasteiger partial charge in [-0.2, -0.15) is 0 Å². The fourth-order valence-electron chi connectivity index (χ4n) is 2.60. The number of esters is 1. The van der Waals surface area contributed by atoms with E-state index in [0.29, 0.717) is 5.56 Å². The number of fused-ring (bicyclic) bond motifs is 1. The van der Waals surface area contributed by atoms with Crippen LogP contribution in [0.25, 0.3) is 10.8 Å². The maximum atomic E-state index is 12.1. The van der Waals surface area contributed by atoms with Gasteiger partial charge in [0.25, 0.3) is 0 Å². The Morgan fingerprint density at radius 1 is 1.00 bits per heavy atom. The minimum Gasteiger partial charge on any atom is -0.465 e. The maximum absolute atomic E-state index is 12.1. The smallest absolute Gasteiger partial charge is 0.340 e. The molecule has 3 aromatic carbocycles. The number of nitrogens with zero attached hydrogens (tertiary/aromatic N) is 1. The number of halogens is 1. The van der Waals surface area contributed by atoms with E-state index in [1.165, 1.54) is 12.5 Å². The summed E-state index contributed by atoms with van der Waals surface area (Å²) in [5.41, 5.74) is 2.34. The normalized spacial score (nSPS) is 10.6. The zero-order valence-corrected chi connectivity index (χ0v) is 14.5. The third kappa shape index (κ3) is 3.08. The number of carbonyl (C=O) groups is 1. The number of rotatable bonds is 3. The van der Waals surface area contributed by atoms with Crippen LogP contribution >= 0.6 is 15.9 Å². The Kier molecular flexibility index (Phi) is 4.35. The average molecular weight is 370 g/mol. The van der Waals surface area contributed by atoms with Gasteiger partial charge in [0.15, 0.2) is 0 Å². The fourth-order valence-corrected chi connectivity index (χ4v) is 2.96. The van der Waals surface area contributed by atoms with Crippen LogP contribution in [0.3, 0.4) is 0 Å². The second-order valence-electron chi connectivity index (χ2n) is 5.24. The Bertz CT molecular complexity index is 876. The molecule has 0 aliphatic heterocycles. The molecule has 0 atom stereocenters. The van der Waals surface area contributed by atoms with Crippen LogP contribution in [0.15, 0.2) is 65.1 Å². The minimum absolute atomic E-state index is 0.353. The van der Waals surface area contributed by atoms with E-state index >= 15 is 0 Å². The fraction of sp³-hybridized carbons (Fsp3) is 0.105. The Hall–Kier alpha value is -2.33. The van der Waals surface area contributed by atoms with Crippen LogP contribution in [0.5, 0.6) is 0 Å². The van der Waals surface area contributed by atoms with E-state index in [1.54, 1.807) is 6.07 Å². The molecule has 0 spiro atoms. The third-order valence-electron chi connectivity index (χ3n) is 3.85. The number of hydrogen-bond donors (Lipinski definition) is 0. The van der Waals surface area contributed by atoms with Gasteiger partial charge in [-0.1, -0.05) is 46.3 Å². The zero-order chi connectivity index (χ0) is 16.4. The van der Waals surface area contributed by atoms with Gasteiger partial charge in [-0.25, -0.2) is 4.79 Å². The summed E-state index contributed by atoms with van der Waals surface area (Å²) < 4.78 is 5.74. The van der Waals surface area contributed by atoms with Gasteiger partial charge in [0.1, 0.15) is 0 Å². The largest absolute Gasteiger partial charge is 0.465 e. The highest BCUT2D eigenvalue weighted by atomic mass is 79.9. The van der Waals surface area contributed by atoms with E-state index in [2.05, 4.69) is 40.2 Å². The zero-order valence-electron chi connectivity index (χ0n) is 12.9. The lowest BCUT2D eigenvalue weighted by Crippen LogP contribution is -2.15. The second kappa shape index (κ2) is 6.42. The maximum Gasteiger partial charge on any atom is 0.340 e. The van der Waals surface area contributed by atoms with Crippen molar-refractivity contribution in [2.75, 3.05) is 19.1 Å². The van der Waals surface area contributed by atoms with Crippen LogP contribution in [0.1, 0.15) is 10.4 Å². The molecular formula is C19H16BrNO2. The molecule has 0 saturated carbocycles. The number of methoxy groups -OCH3 is 1. The molecule has 0 fully saturated rings. The summed E-state index contributed by atoms with van der Waals surface area (Å²) in [6.45, 7) is 0. The lowest BCUT2D eigenvalue weighted by atomic mass is 10.1. The molecule has 0 unspecified atom stereocenters. The summed E-state index contributed by atoms with van der Waals surface area (Å²) in [4.78, 5) is 14.1. The van der Waals surface area contributed by atoms with E-state index in [9.17, 15) is 4.79 Å². The van der Waals surface area contributed by atoms with Gasteiger partial charge in [-0.3, -0.25) is 0 Å². The first-order chi connectivity index (χ1) is 11.1. The van der Waals surface area contributed by atoms with Crippen molar-refractivity contribution in [1.29, 1.82) is 0 Å². The van der Waals surface area contributed by atoms with Gasteiger partial charge < -0.3 is 9.64 Å². The molecule has 3 aromatic rings. The van der Waals surface area contributed by atoms with E-state index < -0.39 is 0 Å². The Balaban J connectivity index is 2.08. The van der Waals surface area contributed by atoms with Crippen molar-refractivity contribution in [3.63, 3.8) is 0 Å². The first-order valence-electron chi connectivity index (χ1n) is 7.20. The Labute approximate surface area is 143 Å². The first kappa shape index (κ1) is 15.6. The van der Waals surface area contributed by atoms with Gasteiger partial charge in [0.2, 0.25) is 0 Å². The molecule has 0 aliphatic carbocycles. The van der Waals surface area contributed by atoms with Crippen molar-refractivity contribution in [3.05, 3.63) is 70.7 Å². The van der Waals surface area contributed by atoms with Crippen molar-refractivity contribution in [2.24, 2.45) is 0 Å². The van der Waals surface area contributed by atoms with Gasteiger partial charge in [0, 0.05) is 17.2 Å². The van der Waals surface area contributed by atoms with Crippen LogP contribution in [0, 0.1) is 0 Å². The number of anilines is 2. The molecule has 3 nitrogen and oxygen atoms in total. The summed E-state index contributed by atoms with van der Waals surface area (Å²) >= 11 is 3.41. The molecule has 0 aliphatic rings. The molecule has 3 rings (SSSR count). The molecule has 0 saturated heterocycles. The standard InChI is InChI=1S/C19H16BrNO2/c1-21(16-9-7-13-5-3-4-6-14(13)11-16)18-10-8-15(20)12-17(18)19(22)23-2/h3-12H,1-2H3. The van der Waals surface area contributed by atoms with Gasteiger partial charge in [0.05, 0.1) is 18.4 Å². The number of benzene rings is 3. The summed E-state index contributed by atoms with van der Waals surface area (Å²) in [5, 5.41) is 2.35. The molecule has 0 amide bonds. The molecule has 0 aromatic heterocycles. The van der Waals surface area contributed by atoms with E-state index in [0.717, 1.165) is 21.2 Å². The van der Waals surface area contributed by atoms with E-state index in [4.69, 9.17) is 4.74 Å². The Morgan fingerprint density at radius 3 is 2.48 bits per heavy atom. The number of carbonyl (C=O) groups excluding carboxylic acids is 1. The van der Waals surface area contributed by atoms with E-state index in [1.807, 2.05) is 42.3 Å². The highest BCUT2D eigenvalue weighted by Gasteiger charge is 2.16. The lowest BCUT2D eigenvalue weighted by molar-refractivity contribution is 0.0601. The van der Waals surface area contributed by atoms with Gasteiger partial charge >= 0.3 is 5.97 Å². The van der Waals surface area contributed by atoms with Gasteiger partial charge in [-0.15, -0.1) is 0 Å². The topological polar surface area (TPSA) is 29.5 Å². The highest BCUT2D eigenvalue weighted by molar-refractivity contribution is 9.10. The molecule has 23 heavy (non-hydrogen) atoms. The first-order valence-corrected chi connectivity index (χ1v) is 8.00. The molecule has 0 heterocycles. The van der Waals surface area contributed by atoms with Crippen LogP contribution in [0.4, 0.5) is 11.4 Å². The van der Waals surface area contributed by atoms with Crippen molar-refractivity contribution >= 4 is 44.0 Å². The summed E-state index contributed by atoms with van der Waals surface area (Å²) in [6.07, 6.45) is 0. The van der Waals surface area contributed by atoms with E-state index in [-0.39, 0.29) is 5.97 Å². The average Bonchev–Trinajstić information content (AvgIpc) is 2.60. The van der Waals surface area contributed by atoms with Crippen LogP contribution in [-0.2, 0) is 4.74 Å². The van der Waals surface area contributed by atoms with Crippen molar-refractivity contribution in [1.82, 2.24) is 0 Å². The molecule has 4 heteroatoms. The summed E-state index contributed by atoms with van der Waals surface area (Å²) in [5.74, 6) is -0.353. The quantitative estimate of drug-likeness (QED) is 0.597. The second-order valence-corrected chi connectivity index (χ2v) is 6.16. The predicted octanol–water partition coefficient (Wildman–Crippen LogP) is 5.16. The van der Waals surface area contributed by atoms with Gasteiger partial charge in [-0.05, 0) is 41.1 Å². The Morgan fingerprint density at radius 2 is 1.74 bits per heavy atom. The highest BCUT2D eigenvalue weighted by Crippen LogP contribution is 2.31. The summed E-state index contributed by atoms with van der Waals surface area (Å²) in [6, 6.07) is 20.0. The number of ether oxygens (including phenoxy) is 1. The van der Waals surface area contributed by atoms with Crippen molar-refractivity contribution in [3.8, 4) is 0 Å². The number of hydrogen-bond acceptors (Lipinski definition) is 3. The molecular weight excluding hydrogens is 354 g/mol. The van der Waals surface area contributed by atoms with Crippen LogP contribution in [-0.4, -0.2) is 20.1 Å². The van der Waals surface area contributed by atoms with Crippen LogP contribution < -0.4 is 4.90 Å². The van der Waals surface area contributed by atoms with Crippen molar-refractivity contribution < 1.29 is 9.53 Å². The summed E-state index contributed by atoms with van der Waals surface area (Å²) in [7, 11) is 3.34. The van der Waals surface area contributed by atoms with Crippen molar-refractivity contribution in [2.45, 2.75) is 0 Å². The monoisotopic (exact) mass is 369 g/mol. The molecule has 0 N–H and O–H groups in total. The minimum atomic E-state index is -0.353. The molecule has 0 bridgehead atoms. The molecule has 116 valence electrons. The lowest BCUT2D eigenvalue weighted by Gasteiger charge is -2.22. The predicted molar refractivity (Wildman–Crippen MR) is 97.5 cm³/mol. The molecule has 0 radical (unpaired) electrons. The SMILES string of the molecule is COC(=O)c1cc(Br)ccc1N(C)c1ccc2ccccc2c1.